The molecule has 0 saturated heterocycles. The summed E-state index contributed by atoms with van der Waals surface area (Å²) >= 11 is 0. The molecule has 0 radical (unpaired) electrons. The number of ketones is 1. The Hall–Kier alpha value is -2.75. The lowest BCUT2D eigenvalue weighted by atomic mass is 9.84. The molecule has 190 valence electrons. The van der Waals surface area contributed by atoms with Crippen molar-refractivity contribution < 1.29 is 23.5 Å². The number of aromatic nitrogens is 4. The summed E-state index contributed by atoms with van der Waals surface area (Å²) in [7, 11) is 1.61. The molecular weight excluding hydrogens is 444 g/mol. The number of Topliss-reactive ketones (excluding diaryl/α,β-unsaturated/α-hetero) is 1. The normalized spacial score (nSPS) is 14.4. The van der Waals surface area contributed by atoms with Crippen molar-refractivity contribution in [1.82, 2.24) is 25.3 Å². The van der Waals surface area contributed by atoms with Gasteiger partial charge in [-0.2, -0.15) is 0 Å². The van der Waals surface area contributed by atoms with Crippen LogP contribution < -0.4 is 5.32 Å². The molecule has 0 fully saturated rings. The van der Waals surface area contributed by atoms with E-state index in [0.717, 1.165) is 6.92 Å². The van der Waals surface area contributed by atoms with Crippen molar-refractivity contribution in [2.45, 2.75) is 79.4 Å². The van der Waals surface area contributed by atoms with Crippen LogP contribution in [0, 0.1) is 11.3 Å². The first-order valence-corrected chi connectivity index (χ1v) is 11.3. The third-order valence-electron chi connectivity index (χ3n) is 5.29. The highest BCUT2D eigenvalue weighted by Gasteiger charge is 2.33. The number of carbonyl (C=O) groups is 2. The Morgan fingerprint density at radius 1 is 1.24 bits per heavy atom. The molecule has 2 aromatic heterocycles. The fourth-order valence-corrected chi connectivity index (χ4v) is 3.60. The number of hydrogen-bond donors (Lipinski definition) is 2. The average molecular weight is 482 g/mol. The topological polar surface area (TPSA) is 110 Å². The van der Waals surface area contributed by atoms with Gasteiger partial charge in [-0.05, 0) is 37.3 Å². The van der Waals surface area contributed by atoms with Gasteiger partial charge in [0.2, 0.25) is 5.91 Å². The number of hydrogen-bond acceptors (Lipinski definition) is 6. The van der Waals surface area contributed by atoms with E-state index in [9.17, 15) is 23.5 Å². The molecule has 2 rings (SSSR count). The third kappa shape index (κ3) is 8.23. The largest absolute Gasteiger partial charge is 0.393 e. The Bertz CT molecular complexity index is 951. The minimum absolute atomic E-state index is 0.00231. The zero-order chi connectivity index (χ0) is 26.3. The number of carbonyl (C=O) groups excluding carboxylic acids is 2. The zero-order valence-corrected chi connectivity index (χ0v) is 21.3. The van der Waals surface area contributed by atoms with Crippen LogP contribution in [0.15, 0.2) is 24.5 Å². The number of nitrogens with zero attached hydrogens (tertiary/aromatic N) is 4. The second-order valence-electron chi connectivity index (χ2n) is 9.56. The molecule has 0 bridgehead atoms. The van der Waals surface area contributed by atoms with E-state index in [1.807, 2.05) is 34.6 Å². The second-order valence-corrected chi connectivity index (χ2v) is 9.56. The highest BCUT2D eigenvalue weighted by Crippen LogP contribution is 2.35. The molecule has 1 amide bonds. The summed E-state index contributed by atoms with van der Waals surface area (Å²) in [6, 6.07) is 2.24. The molecule has 2 heterocycles. The van der Waals surface area contributed by atoms with E-state index in [1.165, 1.54) is 36.1 Å². The fraction of sp³-hybridized carbons (Fsp3) is 0.625. The summed E-state index contributed by atoms with van der Waals surface area (Å²) in [6.45, 7) is 11.7. The molecule has 2 N–H and O–H groups in total. The number of nitrogens with one attached hydrogen (secondary N) is 1. The summed E-state index contributed by atoms with van der Waals surface area (Å²) in [4.78, 5) is 26.9. The van der Waals surface area contributed by atoms with Crippen molar-refractivity contribution in [1.29, 1.82) is 0 Å². The number of rotatable bonds is 8. The molecule has 10 heteroatoms. The van der Waals surface area contributed by atoms with Crippen molar-refractivity contribution in [2.75, 3.05) is 7.05 Å². The molecule has 0 aliphatic heterocycles. The van der Waals surface area contributed by atoms with Crippen LogP contribution in [0.3, 0.4) is 0 Å². The fourth-order valence-electron chi connectivity index (χ4n) is 3.60. The zero-order valence-electron chi connectivity index (χ0n) is 21.3. The molecule has 0 aliphatic carbocycles. The number of pyridine rings is 1. The number of alkyl halides is 2. The van der Waals surface area contributed by atoms with E-state index in [-0.39, 0.29) is 46.1 Å². The van der Waals surface area contributed by atoms with Gasteiger partial charge in [0, 0.05) is 31.6 Å². The van der Waals surface area contributed by atoms with E-state index in [2.05, 4.69) is 20.6 Å². The van der Waals surface area contributed by atoms with Crippen LogP contribution in [0.5, 0.6) is 0 Å². The molecule has 0 unspecified atom stereocenters. The van der Waals surface area contributed by atoms with Gasteiger partial charge in [-0.25, -0.2) is 13.5 Å². The Morgan fingerprint density at radius 3 is 2.32 bits per heavy atom. The lowest BCUT2D eigenvalue weighted by Gasteiger charge is -2.28. The van der Waals surface area contributed by atoms with E-state index < -0.39 is 12.0 Å². The Labute approximate surface area is 200 Å². The van der Waals surface area contributed by atoms with Gasteiger partial charge >= 0.3 is 0 Å². The molecule has 0 aliphatic rings. The van der Waals surface area contributed by atoms with Crippen LogP contribution in [0.4, 0.5) is 8.78 Å². The molecule has 3 atom stereocenters. The highest BCUT2D eigenvalue weighted by molar-refractivity contribution is 5.80. The second kappa shape index (κ2) is 12.1. The predicted molar refractivity (Wildman–Crippen MR) is 126 cm³/mol. The molecular formula is C24H37F2N5O3. The quantitative estimate of drug-likeness (QED) is 0.586. The van der Waals surface area contributed by atoms with Gasteiger partial charge < -0.3 is 10.4 Å². The first kappa shape index (κ1) is 29.3. The Kier molecular flexibility index (Phi) is 10.4. The van der Waals surface area contributed by atoms with Crippen molar-refractivity contribution in [2.24, 2.45) is 11.3 Å². The van der Waals surface area contributed by atoms with Gasteiger partial charge in [0.05, 0.1) is 12.3 Å². The van der Waals surface area contributed by atoms with Crippen molar-refractivity contribution >= 4 is 11.7 Å². The Morgan fingerprint density at radius 2 is 1.85 bits per heavy atom. The van der Waals surface area contributed by atoms with Gasteiger partial charge in [-0.15, -0.1) is 5.10 Å². The maximum atomic E-state index is 13.7. The molecule has 0 saturated carbocycles. The van der Waals surface area contributed by atoms with Crippen LogP contribution in [0.2, 0.25) is 0 Å². The van der Waals surface area contributed by atoms with Gasteiger partial charge in [-0.1, -0.05) is 39.8 Å². The summed E-state index contributed by atoms with van der Waals surface area (Å²) in [5.74, 6) is -3.21. The average Bonchev–Trinajstić information content (AvgIpc) is 3.20. The maximum Gasteiger partial charge on any atom is 0.272 e. The first-order chi connectivity index (χ1) is 15.6. The third-order valence-corrected chi connectivity index (χ3v) is 5.29. The van der Waals surface area contributed by atoms with Crippen LogP contribution in [-0.2, 0) is 15.5 Å². The van der Waals surface area contributed by atoms with Crippen LogP contribution in [0.25, 0.3) is 11.4 Å². The number of halogens is 2. The summed E-state index contributed by atoms with van der Waals surface area (Å²) in [6.07, 6.45) is 3.84. The van der Waals surface area contributed by atoms with Crippen LogP contribution in [-0.4, -0.2) is 49.9 Å². The van der Waals surface area contributed by atoms with Crippen molar-refractivity contribution in [3.8, 4) is 11.4 Å². The lowest BCUT2D eigenvalue weighted by Crippen LogP contribution is -2.30. The van der Waals surface area contributed by atoms with E-state index in [0.29, 0.717) is 12.8 Å². The number of aliphatic hydroxyl groups excluding tert-OH is 1. The van der Waals surface area contributed by atoms with E-state index in [1.54, 1.807) is 7.05 Å². The summed E-state index contributed by atoms with van der Waals surface area (Å²) < 4.78 is 28.9. The molecule has 2 aromatic rings. The van der Waals surface area contributed by atoms with Gasteiger partial charge in [-0.3, -0.25) is 14.6 Å². The predicted octanol–water partition coefficient (Wildman–Crippen LogP) is 4.16. The minimum atomic E-state index is -3.04. The van der Waals surface area contributed by atoms with Gasteiger partial charge in [0.25, 0.3) is 5.92 Å². The number of amides is 1. The van der Waals surface area contributed by atoms with Gasteiger partial charge in [0.1, 0.15) is 17.4 Å². The maximum absolute atomic E-state index is 13.7. The standard InChI is InChI=1S/C16H20F2N4O.C8H17NO2/c1-10(23)14(15(2,3)4)22-9-12(20-21-22)13-11(16(5,17)18)7-6-8-19-13;1-4-7(10)5-6(2)8(11)9-3/h6-9,14H,1-5H3;6-7,10H,4-5H2,1-3H3,(H,9,11)/t14-;6-,7-/m10/s1. The van der Waals surface area contributed by atoms with E-state index in [4.69, 9.17) is 0 Å². The van der Waals surface area contributed by atoms with Crippen molar-refractivity contribution in [3.05, 3.63) is 30.1 Å². The van der Waals surface area contributed by atoms with Crippen LogP contribution >= 0.6 is 0 Å². The summed E-state index contributed by atoms with van der Waals surface area (Å²) in [5.41, 5.74) is -0.305. The van der Waals surface area contributed by atoms with Gasteiger partial charge in [0.15, 0.2) is 5.78 Å². The highest BCUT2D eigenvalue weighted by atomic mass is 19.3. The first-order valence-electron chi connectivity index (χ1n) is 11.3. The summed E-state index contributed by atoms with van der Waals surface area (Å²) in [5, 5.41) is 19.6. The van der Waals surface area contributed by atoms with Crippen molar-refractivity contribution in [3.63, 3.8) is 0 Å². The molecule has 34 heavy (non-hydrogen) atoms. The molecule has 0 aromatic carbocycles. The van der Waals surface area contributed by atoms with Crippen LogP contribution in [0.1, 0.15) is 72.9 Å². The molecule has 0 spiro atoms. The minimum Gasteiger partial charge on any atom is -0.393 e. The smallest absolute Gasteiger partial charge is 0.272 e. The molecule has 8 nitrogen and oxygen atoms in total. The van der Waals surface area contributed by atoms with E-state index >= 15 is 0 Å². The number of aliphatic hydroxyl groups is 1. The Balaban J connectivity index is 0.000000445. The monoisotopic (exact) mass is 481 g/mol. The lowest BCUT2D eigenvalue weighted by molar-refractivity contribution is -0.125. The SMILES string of the molecule is CC(=O)[C@@H](n1cc(-c2ncccc2C(C)(F)F)nn1)C(C)(C)C.CC[C@H](O)C[C@H](C)C(=O)NC.